The number of quaternary nitrogens is 1. The largest absolute Gasteiger partial charge is 0.487 e. The minimum absolute atomic E-state index is 0. The van der Waals surface area contributed by atoms with E-state index in [1.807, 2.05) is 26.0 Å². The molecule has 0 spiro atoms. The van der Waals surface area contributed by atoms with Gasteiger partial charge in [-0.25, -0.2) is 0 Å². The number of benzene rings is 2. The molecule has 1 radical (unpaired) electrons. The van der Waals surface area contributed by atoms with Gasteiger partial charge in [-0.2, -0.15) is 0 Å². The summed E-state index contributed by atoms with van der Waals surface area (Å²) in [6.07, 6.45) is 6.66. The van der Waals surface area contributed by atoms with Crippen molar-refractivity contribution in [2.45, 2.75) is 65.0 Å². The van der Waals surface area contributed by atoms with Crippen LogP contribution in [0.5, 0.6) is 5.75 Å². The van der Waals surface area contributed by atoms with Crippen molar-refractivity contribution in [1.82, 2.24) is 0 Å². The predicted octanol–water partition coefficient (Wildman–Crippen LogP) is 5.58. The molecule has 0 saturated carbocycles. The maximum atomic E-state index is 10.6. The molecule has 0 aromatic heterocycles. The summed E-state index contributed by atoms with van der Waals surface area (Å²) < 4.78 is 7.46. The summed E-state index contributed by atoms with van der Waals surface area (Å²) in [4.78, 5) is 0. The molecular formula is C26H38NO2Y+. The Morgan fingerprint density at radius 3 is 2.17 bits per heavy atom. The molecule has 0 atom stereocenters. The average Bonchev–Trinajstić information content (AvgIpc) is 2.66. The minimum Gasteiger partial charge on any atom is -0.487 e. The third-order valence-corrected chi connectivity index (χ3v) is 6.31. The van der Waals surface area contributed by atoms with Gasteiger partial charge in [0, 0.05) is 43.8 Å². The van der Waals surface area contributed by atoms with Crippen LogP contribution in [0.3, 0.4) is 0 Å². The summed E-state index contributed by atoms with van der Waals surface area (Å²) in [5, 5.41) is 10.6. The minimum atomic E-state index is -0.905. The summed E-state index contributed by atoms with van der Waals surface area (Å²) in [6, 6.07) is 16.9. The van der Waals surface area contributed by atoms with Gasteiger partial charge in [-0.05, 0) is 52.0 Å². The van der Waals surface area contributed by atoms with E-state index in [2.05, 4.69) is 43.3 Å². The molecule has 0 bridgehead atoms. The molecule has 4 heteroatoms. The molecule has 1 N–H and O–H groups in total. The predicted molar refractivity (Wildman–Crippen MR) is 120 cm³/mol. The van der Waals surface area contributed by atoms with E-state index in [0.717, 1.165) is 34.4 Å². The van der Waals surface area contributed by atoms with Gasteiger partial charge >= 0.3 is 0 Å². The van der Waals surface area contributed by atoms with Gasteiger partial charge in [-0.1, -0.05) is 55.0 Å². The van der Waals surface area contributed by atoms with E-state index in [-0.39, 0.29) is 32.7 Å². The van der Waals surface area contributed by atoms with Crippen molar-refractivity contribution in [3.05, 3.63) is 65.2 Å². The maximum absolute atomic E-state index is 10.6. The number of aliphatic hydroxyl groups is 1. The SMILES string of the molecule is Cc1cccc(C(C)(C)O)c1OCC[N+]1(Cc2ccccc2)CCCCCCC1.[Y]. The van der Waals surface area contributed by atoms with Crippen LogP contribution in [0.15, 0.2) is 48.5 Å². The summed E-state index contributed by atoms with van der Waals surface area (Å²) in [5.41, 5.74) is 2.48. The van der Waals surface area contributed by atoms with Crippen LogP contribution in [0.4, 0.5) is 0 Å². The number of para-hydroxylation sites is 1. The van der Waals surface area contributed by atoms with Crippen LogP contribution in [-0.4, -0.2) is 35.8 Å². The first kappa shape index (κ1) is 25.5. The standard InChI is InChI=1S/C26H38NO2.Y/c1-22-13-12-16-24(26(2,3)28)25(22)29-20-19-27(17-10-5-4-6-11-18-27)21-23-14-8-7-9-15-23;/h7-9,12-16,28H,4-6,10-11,17-21H2,1-3H3;/q+1;. The van der Waals surface area contributed by atoms with Crippen LogP contribution in [0.1, 0.15) is 62.6 Å². The van der Waals surface area contributed by atoms with E-state index in [0.29, 0.717) is 6.61 Å². The summed E-state index contributed by atoms with van der Waals surface area (Å²) in [7, 11) is 0. The average molecular weight is 486 g/mol. The van der Waals surface area contributed by atoms with Crippen LogP contribution < -0.4 is 4.74 Å². The first-order valence-corrected chi connectivity index (χ1v) is 11.2. The molecule has 1 heterocycles. The van der Waals surface area contributed by atoms with E-state index in [4.69, 9.17) is 4.74 Å². The molecule has 0 unspecified atom stereocenters. The first-order chi connectivity index (χ1) is 13.9. The van der Waals surface area contributed by atoms with E-state index < -0.39 is 5.60 Å². The van der Waals surface area contributed by atoms with Crippen LogP contribution in [-0.2, 0) is 44.9 Å². The van der Waals surface area contributed by atoms with E-state index in [1.54, 1.807) is 0 Å². The molecule has 2 aromatic carbocycles. The summed E-state index contributed by atoms with van der Waals surface area (Å²) in [6.45, 7) is 10.9. The first-order valence-electron chi connectivity index (χ1n) is 11.2. The number of hydrogen-bond acceptors (Lipinski definition) is 2. The van der Waals surface area contributed by atoms with Crippen molar-refractivity contribution in [1.29, 1.82) is 0 Å². The van der Waals surface area contributed by atoms with Crippen molar-refractivity contribution < 1.29 is 47.0 Å². The Balaban J connectivity index is 0.00000320. The van der Waals surface area contributed by atoms with E-state index in [1.165, 1.54) is 50.8 Å². The number of likely N-dealkylation sites (tertiary alicyclic amines) is 1. The number of ether oxygens (including phenoxy) is 1. The van der Waals surface area contributed by atoms with Gasteiger partial charge in [0.15, 0.2) is 0 Å². The van der Waals surface area contributed by atoms with Gasteiger partial charge < -0.3 is 14.3 Å². The van der Waals surface area contributed by atoms with Crippen molar-refractivity contribution >= 4 is 0 Å². The maximum Gasteiger partial charge on any atom is 0.137 e. The second-order valence-corrected chi connectivity index (χ2v) is 9.28. The molecular weight excluding hydrogens is 447 g/mol. The second kappa shape index (κ2) is 11.8. The Morgan fingerprint density at radius 2 is 1.53 bits per heavy atom. The van der Waals surface area contributed by atoms with Crippen LogP contribution in [0.25, 0.3) is 0 Å². The van der Waals surface area contributed by atoms with Crippen LogP contribution >= 0.6 is 0 Å². The Kier molecular flexibility index (Phi) is 10.0. The number of hydrogen-bond donors (Lipinski definition) is 1. The fourth-order valence-electron chi connectivity index (χ4n) is 4.64. The topological polar surface area (TPSA) is 29.5 Å². The Bertz CT molecular complexity index is 762. The second-order valence-electron chi connectivity index (χ2n) is 9.28. The molecule has 161 valence electrons. The quantitative estimate of drug-likeness (QED) is 0.519. The molecule has 1 aliphatic heterocycles. The van der Waals surface area contributed by atoms with E-state index in [9.17, 15) is 5.11 Å². The molecule has 2 aromatic rings. The van der Waals surface area contributed by atoms with Gasteiger partial charge in [-0.3, -0.25) is 0 Å². The third kappa shape index (κ3) is 7.16. The molecule has 1 fully saturated rings. The molecule has 3 rings (SSSR count). The zero-order chi connectivity index (χ0) is 20.7. The Labute approximate surface area is 208 Å². The summed E-state index contributed by atoms with van der Waals surface area (Å²) >= 11 is 0. The third-order valence-electron chi connectivity index (χ3n) is 6.31. The molecule has 0 aliphatic carbocycles. The fourth-order valence-corrected chi connectivity index (χ4v) is 4.64. The van der Waals surface area contributed by atoms with Crippen LogP contribution in [0, 0.1) is 6.92 Å². The fraction of sp³-hybridized carbons (Fsp3) is 0.538. The van der Waals surface area contributed by atoms with Gasteiger partial charge in [-0.15, -0.1) is 0 Å². The van der Waals surface area contributed by atoms with Crippen LogP contribution in [0.2, 0.25) is 0 Å². The summed E-state index contributed by atoms with van der Waals surface area (Å²) in [5.74, 6) is 0.852. The van der Waals surface area contributed by atoms with Crippen molar-refractivity contribution in [2.24, 2.45) is 0 Å². The monoisotopic (exact) mass is 485 g/mol. The molecule has 30 heavy (non-hydrogen) atoms. The van der Waals surface area contributed by atoms with Crippen molar-refractivity contribution in [2.75, 3.05) is 26.2 Å². The molecule has 0 amide bonds. The Hall–Kier alpha value is -0.736. The van der Waals surface area contributed by atoms with Gasteiger partial charge in [0.05, 0.1) is 18.7 Å². The Morgan fingerprint density at radius 1 is 0.900 bits per heavy atom. The van der Waals surface area contributed by atoms with Gasteiger partial charge in [0.25, 0.3) is 0 Å². The number of nitrogens with zero attached hydrogens (tertiary/aromatic N) is 1. The van der Waals surface area contributed by atoms with Gasteiger partial charge in [0.2, 0.25) is 0 Å². The van der Waals surface area contributed by atoms with Gasteiger partial charge in [0.1, 0.15) is 25.4 Å². The normalized spacial score (nSPS) is 16.8. The van der Waals surface area contributed by atoms with E-state index >= 15 is 0 Å². The molecule has 1 saturated heterocycles. The number of aryl methyl sites for hydroxylation is 1. The van der Waals surface area contributed by atoms with Crippen molar-refractivity contribution in [3.8, 4) is 5.75 Å². The molecule has 1 aliphatic rings. The van der Waals surface area contributed by atoms with Crippen molar-refractivity contribution in [3.63, 3.8) is 0 Å². The molecule has 3 nitrogen and oxygen atoms in total. The zero-order valence-corrected chi connectivity index (χ0v) is 21.9. The zero-order valence-electron chi connectivity index (χ0n) is 19.1. The smallest absolute Gasteiger partial charge is 0.137 e. The number of rotatable bonds is 7.